The molecule has 0 aliphatic heterocycles. The molecule has 2 heteroatoms. The van der Waals surface area contributed by atoms with Crippen LogP contribution >= 0.6 is 0 Å². The first-order valence-electron chi connectivity index (χ1n) is 9.54. The number of fused-ring (bicyclic) bond motifs is 3. The Morgan fingerprint density at radius 2 is 1.46 bits per heavy atom. The normalized spacial score (nSPS) is 11.2. The molecule has 0 radical (unpaired) electrons. The molecule has 2 nitrogen and oxygen atoms in total. The predicted octanol–water partition coefficient (Wildman–Crippen LogP) is 5.85. The second kappa shape index (κ2) is 6.58. The lowest BCUT2D eigenvalue weighted by molar-refractivity contribution is -0.663. The van der Waals surface area contributed by atoms with Crippen LogP contribution in [0.3, 0.4) is 0 Å². The molecule has 0 N–H and O–H groups in total. The highest BCUT2D eigenvalue weighted by molar-refractivity contribution is 6.08. The van der Waals surface area contributed by atoms with E-state index in [0.29, 0.717) is 0 Å². The minimum atomic E-state index is 0.980. The molecule has 1 aromatic heterocycles. The Kier molecular flexibility index (Phi) is 3.91. The van der Waals surface area contributed by atoms with Crippen LogP contribution in [0.1, 0.15) is 5.56 Å². The minimum Gasteiger partial charge on any atom is -0.233 e. The third-order valence-corrected chi connectivity index (χ3v) is 5.48. The van der Waals surface area contributed by atoms with Gasteiger partial charge in [0, 0.05) is 6.07 Å². The van der Waals surface area contributed by atoms with Crippen molar-refractivity contribution in [2.24, 2.45) is 7.05 Å². The van der Waals surface area contributed by atoms with Gasteiger partial charge < -0.3 is 0 Å². The van der Waals surface area contributed by atoms with Crippen molar-refractivity contribution in [1.29, 1.82) is 0 Å². The Balaban J connectivity index is 1.67. The van der Waals surface area contributed by atoms with E-state index in [2.05, 4.69) is 89.3 Å². The van der Waals surface area contributed by atoms with Gasteiger partial charge in [-0.15, -0.1) is 0 Å². The summed E-state index contributed by atoms with van der Waals surface area (Å²) in [7, 11) is 2.04. The summed E-state index contributed by atoms with van der Waals surface area (Å²) < 4.78 is 2.07. The van der Waals surface area contributed by atoms with Crippen molar-refractivity contribution >= 4 is 21.5 Å². The average Bonchev–Trinajstić information content (AvgIpc) is 2.74. The fraction of sp³-hybridized carbons (Fsp3) is 0.0769. The lowest BCUT2D eigenvalue weighted by atomic mass is 9.95. The number of benzene rings is 4. The summed E-state index contributed by atoms with van der Waals surface area (Å²) in [5.41, 5.74) is 4.83. The van der Waals surface area contributed by atoms with Gasteiger partial charge in [0.05, 0.1) is 18.8 Å². The predicted molar refractivity (Wildman–Crippen MR) is 116 cm³/mol. The van der Waals surface area contributed by atoms with Gasteiger partial charge in [0.15, 0.2) is 0 Å². The second-order valence-electron chi connectivity index (χ2n) is 7.31. The number of nitrogens with zero attached hydrogens (tertiary/aromatic N) is 2. The van der Waals surface area contributed by atoms with Crippen molar-refractivity contribution < 1.29 is 4.57 Å². The van der Waals surface area contributed by atoms with Crippen LogP contribution in [-0.2, 0) is 7.05 Å². The van der Waals surface area contributed by atoms with Gasteiger partial charge in [0.1, 0.15) is 6.20 Å². The van der Waals surface area contributed by atoms with Crippen molar-refractivity contribution in [3.8, 4) is 22.5 Å². The van der Waals surface area contributed by atoms with Crippen LogP contribution in [0.2, 0.25) is 0 Å². The number of aryl methyl sites for hydroxylation is 2. The Labute approximate surface area is 164 Å². The van der Waals surface area contributed by atoms with E-state index in [1.165, 1.54) is 43.8 Å². The van der Waals surface area contributed by atoms with Gasteiger partial charge >= 0.3 is 5.82 Å². The number of aromatic nitrogens is 2. The van der Waals surface area contributed by atoms with Crippen molar-refractivity contribution in [3.63, 3.8) is 0 Å². The van der Waals surface area contributed by atoms with E-state index in [1.54, 1.807) is 0 Å². The molecule has 0 amide bonds. The van der Waals surface area contributed by atoms with Gasteiger partial charge in [-0.05, 0) is 62.3 Å². The zero-order valence-electron chi connectivity index (χ0n) is 16.1. The Morgan fingerprint density at radius 3 is 2.36 bits per heavy atom. The average molecular weight is 361 g/mol. The first-order chi connectivity index (χ1) is 13.7. The third-order valence-electron chi connectivity index (χ3n) is 5.48. The minimum absolute atomic E-state index is 0.980. The van der Waals surface area contributed by atoms with E-state index < -0.39 is 0 Å². The van der Waals surface area contributed by atoms with Crippen molar-refractivity contribution in [1.82, 2.24) is 4.98 Å². The fourth-order valence-electron chi connectivity index (χ4n) is 3.94. The lowest BCUT2D eigenvalue weighted by Gasteiger charge is -2.09. The summed E-state index contributed by atoms with van der Waals surface area (Å²) in [5.74, 6) is 0.980. The molecule has 0 saturated heterocycles. The largest absolute Gasteiger partial charge is 0.330 e. The highest BCUT2D eigenvalue weighted by Crippen LogP contribution is 2.31. The third kappa shape index (κ3) is 2.74. The van der Waals surface area contributed by atoms with Gasteiger partial charge in [-0.2, -0.15) is 0 Å². The molecule has 0 spiro atoms. The van der Waals surface area contributed by atoms with Crippen LogP contribution in [0.5, 0.6) is 0 Å². The van der Waals surface area contributed by atoms with Gasteiger partial charge in [-0.1, -0.05) is 60.7 Å². The van der Waals surface area contributed by atoms with E-state index in [1.807, 2.05) is 25.5 Å². The van der Waals surface area contributed by atoms with E-state index in [0.717, 1.165) is 5.82 Å². The molecule has 0 atom stereocenters. The quantitative estimate of drug-likeness (QED) is 0.284. The van der Waals surface area contributed by atoms with Gasteiger partial charge in [-0.3, -0.25) is 0 Å². The maximum absolute atomic E-state index is 4.59. The lowest BCUT2D eigenvalue weighted by Crippen LogP contribution is -2.31. The highest BCUT2D eigenvalue weighted by atomic mass is 15.0. The highest BCUT2D eigenvalue weighted by Gasteiger charge is 2.15. The van der Waals surface area contributed by atoms with Crippen LogP contribution in [0.25, 0.3) is 44.1 Å². The molecule has 0 aliphatic carbocycles. The molecule has 5 rings (SSSR count). The van der Waals surface area contributed by atoms with Crippen LogP contribution in [-0.4, -0.2) is 4.98 Å². The SMILES string of the molecule is Cc1ccc(-c2ccc3c(ccc4ccccc43)c2)cc1-c1nccc[n+]1C. The molecule has 0 fully saturated rings. The molecule has 5 aromatic rings. The van der Waals surface area contributed by atoms with Crippen molar-refractivity contribution in [2.45, 2.75) is 6.92 Å². The molecule has 4 aromatic carbocycles. The summed E-state index contributed by atoms with van der Waals surface area (Å²) in [6.07, 6.45) is 3.89. The molecule has 0 bridgehead atoms. The Hall–Kier alpha value is -3.52. The van der Waals surface area contributed by atoms with Crippen LogP contribution in [0.15, 0.2) is 91.3 Å². The zero-order valence-corrected chi connectivity index (χ0v) is 16.1. The van der Waals surface area contributed by atoms with E-state index in [-0.39, 0.29) is 0 Å². The molecule has 134 valence electrons. The Bertz CT molecular complexity index is 1340. The van der Waals surface area contributed by atoms with Gasteiger partial charge in [-0.25, -0.2) is 4.57 Å². The first kappa shape index (κ1) is 16.6. The molecule has 28 heavy (non-hydrogen) atoms. The zero-order chi connectivity index (χ0) is 19.1. The molecular weight excluding hydrogens is 340 g/mol. The van der Waals surface area contributed by atoms with E-state index in [9.17, 15) is 0 Å². The summed E-state index contributed by atoms with van der Waals surface area (Å²) in [6.45, 7) is 2.14. The number of rotatable bonds is 2. The van der Waals surface area contributed by atoms with Crippen molar-refractivity contribution in [2.75, 3.05) is 0 Å². The summed E-state index contributed by atoms with van der Waals surface area (Å²) in [4.78, 5) is 4.59. The maximum Gasteiger partial charge on any atom is 0.330 e. The van der Waals surface area contributed by atoms with E-state index >= 15 is 0 Å². The standard InChI is InChI=1S/C26H21N2/c1-18-8-9-21(17-25(18)26-27-14-5-15-28(26)2)20-12-13-24-22(16-20)11-10-19-6-3-4-7-23(19)24/h3-17H,1-2H3/q+1. The smallest absolute Gasteiger partial charge is 0.233 e. The van der Waals surface area contributed by atoms with Gasteiger partial charge in [0.2, 0.25) is 0 Å². The van der Waals surface area contributed by atoms with Crippen LogP contribution in [0, 0.1) is 6.92 Å². The van der Waals surface area contributed by atoms with Crippen LogP contribution < -0.4 is 4.57 Å². The van der Waals surface area contributed by atoms with E-state index in [4.69, 9.17) is 0 Å². The number of hydrogen-bond acceptors (Lipinski definition) is 1. The Morgan fingerprint density at radius 1 is 0.714 bits per heavy atom. The first-order valence-corrected chi connectivity index (χ1v) is 9.54. The van der Waals surface area contributed by atoms with Crippen molar-refractivity contribution in [3.05, 3.63) is 96.8 Å². The summed E-state index contributed by atoms with van der Waals surface area (Å²) in [5, 5.41) is 5.15. The van der Waals surface area contributed by atoms with Gasteiger partial charge in [0.25, 0.3) is 0 Å². The maximum atomic E-state index is 4.59. The molecular formula is C26H21N2+. The number of hydrogen-bond donors (Lipinski definition) is 0. The summed E-state index contributed by atoms with van der Waals surface area (Å²) >= 11 is 0. The molecule has 0 saturated carbocycles. The monoisotopic (exact) mass is 361 g/mol. The topological polar surface area (TPSA) is 16.8 Å². The fourth-order valence-corrected chi connectivity index (χ4v) is 3.94. The summed E-state index contributed by atoms with van der Waals surface area (Å²) in [6, 6.07) is 28.3. The molecule has 1 heterocycles. The van der Waals surface area contributed by atoms with Crippen LogP contribution in [0.4, 0.5) is 0 Å². The second-order valence-corrected chi connectivity index (χ2v) is 7.31. The molecule has 0 aliphatic rings. The molecule has 0 unspecified atom stereocenters.